The summed E-state index contributed by atoms with van der Waals surface area (Å²) in [5, 5.41) is 11.0. The number of halogens is 1. The number of rotatable bonds is 3. The topological polar surface area (TPSA) is 62.5 Å². The fourth-order valence-electron chi connectivity index (χ4n) is 2.90. The van der Waals surface area contributed by atoms with Crippen LogP contribution in [-0.2, 0) is 7.05 Å². The number of aromatic nitrogens is 1. The normalized spacial score (nSPS) is 10.4. The summed E-state index contributed by atoms with van der Waals surface area (Å²) in [5.41, 5.74) is 0.259. The maximum absolute atomic E-state index is 13.0. The van der Waals surface area contributed by atoms with Crippen LogP contribution in [-0.4, -0.2) is 51.7 Å². The third kappa shape index (κ3) is 3.40. The molecule has 1 heterocycles. The SMILES string of the molecule is CCN(C(=O)c1c(O)n(C)c2cccc(Cl)c2c1=O)c1ccccc1.[NaH]. The molecular formula is C19H18ClN2NaO3. The van der Waals surface area contributed by atoms with E-state index < -0.39 is 11.3 Å². The Morgan fingerprint density at radius 3 is 2.42 bits per heavy atom. The van der Waals surface area contributed by atoms with Crippen LogP contribution in [0.25, 0.3) is 10.9 Å². The van der Waals surface area contributed by atoms with E-state index in [0.717, 1.165) is 0 Å². The third-order valence-corrected chi connectivity index (χ3v) is 4.51. The molecule has 3 aromatic rings. The number of pyridine rings is 1. The third-order valence-electron chi connectivity index (χ3n) is 4.19. The average molecular weight is 381 g/mol. The predicted molar refractivity (Wildman–Crippen MR) is 107 cm³/mol. The van der Waals surface area contributed by atoms with Gasteiger partial charge in [0, 0.05) is 19.3 Å². The van der Waals surface area contributed by atoms with Gasteiger partial charge in [0.05, 0.1) is 15.9 Å². The molecule has 0 bridgehead atoms. The first-order chi connectivity index (χ1) is 12.0. The van der Waals surface area contributed by atoms with Gasteiger partial charge in [0.1, 0.15) is 5.56 Å². The summed E-state index contributed by atoms with van der Waals surface area (Å²) in [4.78, 5) is 27.4. The number of aromatic hydroxyl groups is 1. The van der Waals surface area contributed by atoms with E-state index in [0.29, 0.717) is 17.7 Å². The Morgan fingerprint density at radius 1 is 1.15 bits per heavy atom. The van der Waals surface area contributed by atoms with Gasteiger partial charge in [-0.2, -0.15) is 0 Å². The number of para-hydroxylation sites is 1. The number of benzene rings is 2. The van der Waals surface area contributed by atoms with Gasteiger partial charge in [0.25, 0.3) is 5.91 Å². The number of amides is 1. The molecule has 1 N–H and O–H groups in total. The molecule has 0 saturated heterocycles. The van der Waals surface area contributed by atoms with Crippen LogP contribution in [0.2, 0.25) is 5.02 Å². The number of hydrogen-bond acceptors (Lipinski definition) is 3. The van der Waals surface area contributed by atoms with Gasteiger partial charge in [-0.05, 0) is 31.2 Å². The van der Waals surface area contributed by atoms with Crippen LogP contribution in [0.5, 0.6) is 5.88 Å². The van der Waals surface area contributed by atoms with E-state index in [9.17, 15) is 14.7 Å². The van der Waals surface area contributed by atoms with Gasteiger partial charge in [-0.15, -0.1) is 0 Å². The second-order valence-electron chi connectivity index (χ2n) is 5.61. The number of fused-ring (bicyclic) bond motifs is 1. The van der Waals surface area contributed by atoms with Crippen LogP contribution in [0.1, 0.15) is 17.3 Å². The van der Waals surface area contributed by atoms with Gasteiger partial charge in [-0.3, -0.25) is 9.59 Å². The van der Waals surface area contributed by atoms with Gasteiger partial charge in [-0.1, -0.05) is 35.9 Å². The number of nitrogens with zero attached hydrogens (tertiary/aromatic N) is 2. The molecule has 0 spiro atoms. The molecule has 0 fully saturated rings. The molecule has 0 radical (unpaired) electrons. The van der Waals surface area contributed by atoms with E-state index in [1.807, 2.05) is 6.07 Å². The zero-order valence-corrected chi connectivity index (χ0v) is 14.6. The molecule has 0 aliphatic heterocycles. The standard InChI is InChI=1S/C19H17ClN2O3.Na.H/c1-3-22(12-8-5-4-6-9-12)19(25)16-17(23)15-13(20)10-7-11-14(15)21(2)18(16)24;;/h4-11,24H,3H2,1-2H3;;. The van der Waals surface area contributed by atoms with Crippen molar-refractivity contribution in [2.24, 2.45) is 7.05 Å². The van der Waals surface area contributed by atoms with Gasteiger partial charge in [0.15, 0.2) is 0 Å². The van der Waals surface area contributed by atoms with Crippen LogP contribution in [0.4, 0.5) is 5.69 Å². The summed E-state index contributed by atoms with van der Waals surface area (Å²) >= 11 is 6.17. The van der Waals surface area contributed by atoms with Crippen molar-refractivity contribution in [3.63, 3.8) is 0 Å². The molecule has 130 valence electrons. The Kier molecular flexibility index (Phi) is 6.53. The zero-order chi connectivity index (χ0) is 18.1. The van der Waals surface area contributed by atoms with Crippen LogP contribution in [0.3, 0.4) is 0 Å². The summed E-state index contributed by atoms with van der Waals surface area (Å²) in [7, 11) is 1.59. The molecule has 0 unspecified atom stereocenters. The molecule has 2 aromatic carbocycles. The molecule has 7 heteroatoms. The molecule has 0 saturated carbocycles. The van der Waals surface area contributed by atoms with Crippen LogP contribution in [0.15, 0.2) is 53.3 Å². The van der Waals surface area contributed by atoms with E-state index >= 15 is 0 Å². The molecule has 0 atom stereocenters. The molecule has 0 aliphatic rings. The van der Waals surface area contributed by atoms with Crippen LogP contribution < -0.4 is 10.3 Å². The number of carbonyl (C=O) groups excluding carboxylic acids is 1. The summed E-state index contributed by atoms with van der Waals surface area (Å²) in [5.74, 6) is -0.937. The van der Waals surface area contributed by atoms with E-state index in [2.05, 4.69) is 0 Å². The van der Waals surface area contributed by atoms with E-state index in [1.54, 1.807) is 56.4 Å². The quantitative estimate of drug-likeness (QED) is 0.711. The fourth-order valence-corrected chi connectivity index (χ4v) is 3.16. The van der Waals surface area contributed by atoms with E-state index in [1.165, 1.54) is 9.47 Å². The van der Waals surface area contributed by atoms with Crippen molar-refractivity contribution in [3.05, 3.63) is 69.3 Å². The van der Waals surface area contributed by atoms with Crippen LogP contribution in [0, 0.1) is 0 Å². The fraction of sp³-hybridized carbons (Fsp3) is 0.158. The monoisotopic (exact) mass is 380 g/mol. The van der Waals surface area contributed by atoms with Gasteiger partial charge in [-0.25, -0.2) is 0 Å². The zero-order valence-electron chi connectivity index (χ0n) is 13.9. The van der Waals surface area contributed by atoms with Crippen molar-refractivity contribution in [3.8, 4) is 5.88 Å². The Balaban J connectivity index is 0.00000243. The van der Waals surface area contributed by atoms with E-state index in [-0.39, 0.29) is 51.4 Å². The Hall–Kier alpha value is -1.79. The van der Waals surface area contributed by atoms with Gasteiger partial charge >= 0.3 is 29.6 Å². The Bertz CT molecular complexity index is 1020. The molecule has 3 rings (SSSR count). The van der Waals surface area contributed by atoms with Crippen molar-refractivity contribution < 1.29 is 9.90 Å². The van der Waals surface area contributed by atoms with Crippen molar-refractivity contribution in [1.29, 1.82) is 0 Å². The first-order valence-electron chi connectivity index (χ1n) is 7.84. The second kappa shape index (κ2) is 8.27. The number of carbonyl (C=O) groups is 1. The van der Waals surface area contributed by atoms with Crippen molar-refractivity contribution in [1.82, 2.24) is 4.57 Å². The predicted octanol–water partition coefficient (Wildman–Crippen LogP) is 2.92. The van der Waals surface area contributed by atoms with Crippen molar-refractivity contribution in [2.75, 3.05) is 11.4 Å². The Labute approximate surface area is 178 Å². The summed E-state index contributed by atoms with van der Waals surface area (Å²) < 4.78 is 1.40. The maximum atomic E-state index is 13.0. The van der Waals surface area contributed by atoms with Gasteiger partial charge in [0.2, 0.25) is 11.3 Å². The molecule has 26 heavy (non-hydrogen) atoms. The van der Waals surface area contributed by atoms with E-state index in [4.69, 9.17) is 11.6 Å². The second-order valence-corrected chi connectivity index (χ2v) is 6.01. The van der Waals surface area contributed by atoms with Gasteiger partial charge < -0.3 is 14.6 Å². The first-order valence-corrected chi connectivity index (χ1v) is 8.22. The molecular weight excluding hydrogens is 363 g/mol. The minimum atomic E-state index is -0.574. The number of hydrogen-bond donors (Lipinski definition) is 1. The molecule has 5 nitrogen and oxygen atoms in total. The first kappa shape index (κ1) is 20.5. The van der Waals surface area contributed by atoms with Crippen LogP contribution >= 0.6 is 11.6 Å². The molecule has 1 amide bonds. The number of anilines is 1. The molecule has 1 aromatic heterocycles. The molecule has 0 aliphatic carbocycles. The number of aryl methyl sites for hydroxylation is 1. The summed E-state index contributed by atoms with van der Waals surface area (Å²) in [6.45, 7) is 2.16. The summed E-state index contributed by atoms with van der Waals surface area (Å²) in [6.07, 6.45) is 0. The Morgan fingerprint density at radius 2 is 1.81 bits per heavy atom. The summed E-state index contributed by atoms with van der Waals surface area (Å²) in [6, 6.07) is 14.0. The average Bonchev–Trinajstić information content (AvgIpc) is 2.61. The van der Waals surface area contributed by atoms with Crippen molar-refractivity contribution in [2.45, 2.75) is 6.92 Å². The van der Waals surface area contributed by atoms with Crippen molar-refractivity contribution >= 4 is 63.7 Å². The minimum absolute atomic E-state index is 0.